The first-order valence-electron chi connectivity index (χ1n) is 8.05. The number of benzene rings is 1. The molecule has 0 fully saturated rings. The Balaban J connectivity index is 1.96. The average Bonchev–Trinajstić information content (AvgIpc) is 2.99. The average molecular weight is 366 g/mol. The minimum absolute atomic E-state index is 0.0952. The van der Waals surface area contributed by atoms with E-state index in [2.05, 4.69) is 20.6 Å². The molecule has 0 aliphatic carbocycles. The van der Waals surface area contributed by atoms with E-state index in [-0.39, 0.29) is 5.84 Å². The van der Waals surface area contributed by atoms with Crippen molar-refractivity contribution in [2.24, 2.45) is 10.7 Å². The van der Waals surface area contributed by atoms with E-state index in [1.807, 2.05) is 43.3 Å². The van der Waals surface area contributed by atoms with E-state index in [4.69, 9.17) is 5.73 Å². The minimum atomic E-state index is -4.39. The van der Waals surface area contributed by atoms with Gasteiger partial charge in [-0.3, -0.25) is 10.7 Å². The molecule has 0 bridgehead atoms. The minimum Gasteiger partial charge on any atom is -0.348 e. The second-order valence-corrected chi connectivity index (χ2v) is 6.54. The van der Waals surface area contributed by atoms with Crippen molar-refractivity contribution in [2.75, 3.05) is 26.0 Å². The van der Waals surface area contributed by atoms with E-state index in [1.54, 1.807) is 12.3 Å². The standard InChI is InChI=1S/C17H21F3N6/c1-26(2)9-11-4-3-5-12(8-11)17(21)24-14-13(6-7-22-14)15(25-17)23-10-16(18,19)20/h3-8,22,24H,9-10,21H2,1-2H3,(H,23,25). The number of aromatic nitrogens is 1. The van der Waals surface area contributed by atoms with Crippen LogP contribution in [0.5, 0.6) is 0 Å². The predicted molar refractivity (Wildman–Crippen MR) is 94.7 cm³/mol. The normalized spacial score (nSPS) is 21.4. The quantitative estimate of drug-likeness (QED) is 0.669. The van der Waals surface area contributed by atoms with Gasteiger partial charge in [-0.15, -0.1) is 0 Å². The SMILES string of the molecule is CN(C)Cc1cccc(C2(N)NC(=NCC(F)(F)F)c3cc[nH]c3N2)c1. The van der Waals surface area contributed by atoms with Gasteiger partial charge in [-0.05, 0) is 31.8 Å². The van der Waals surface area contributed by atoms with Crippen LogP contribution in [0.2, 0.25) is 0 Å². The van der Waals surface area contributed by atoms with E-state index in [0.717, 1.165) is 5.56 Å². The third-order valence-corrected chi connectivity index (χ3v) is 3.94. The van der Waals surface area contributed by atoms with Gasteiger partial charge in [0.1, 0.15) is 18.2 Å². The summed E-state index contributed by atoms with van der Waals surface area (Å²) < 4.78 is 37.8. The zero-order valence-corrected chi connectivity index (χ0v) is 14.5. The fourth-order valence-electron chi connectivity index (χ4n) is 2.87. The van der Waals surface area contributed by atoms with E-state index in [1.165, 1.54) is 0 Å². The Morgan fingerprint density at radius 2 is 1.96 bits per heavy atom. The molecule has 0 amide bonds. The number of nitrogens with two attached hydrogens (primary N) is 1. The molecule has 3 rings (SSSR count). The lowest BCUT2D eigenvalue weighted by Crippen LogP contribution is -2.61. The van der Waals surface area contributed by atoms with Crippen molar-refractivity contribution in [3.63, 3.8) is 0 Å². The summed E-state index contributed by atoms with van der Waals surface area (Å²) in [4.78, 5) is 8.66. The summed E-state index contributed by atoms with van der Waals surface area (Å²) >= 11 is 0. The van der Waals surface area contributed by atoms with Gasteiger partial charge in [0, 0.05) is 18.3 Å². The van der Waals surface area contributed by atoms with Crippen LogP contribution in [-0.2, 0) is 12.3 Å². The summed E-state index contributed by atoms with van der Waals surface area (Å²) in [5.41, 5.74) is 8.71. The third-order valence-electron chi connectivity index (χ3n) is 3.94. The number of hydrogen-bond acceptors (Lipinski definition) is 4. The van der Waals surface area contributed by atoms with Crippen molar-refractivity contribution in [1.82, 2.24) is 15.2 Å². The van der Waals surface area contributed by atoms with Crippen LogP contribution in [0.15, 0.2) is 41.5 Å². The molecule has 0 spiro atoms. The van der Waals surface area contributed by atoms with Gasteiger partial charge in [0.15, 0.2) is 5.79 Å². The third kappa shape index (κ3) is 4.00. The second kappa shape index (κ2) is 6.65. The van der Waals surface area contributed by atoms with Crippen molar-refractivity contribution < 1.29 is 13.2 Å². The molecule has 0 radical (unpaired) electrons. The Kier molecular flexibility index (Phi) is 4.68. The summed E-state index contributed by atoms with van der Waals surface area (Å²) in [6.45, 7) is -0.566. The molecule has 9 heteroatoms. The number of fused-ring (bicyclic) bond motifs is 1. The topological polar surface area (TPSA) is 81.5 Å². The second-order valence-electron chi connectivity index (χ2n) is 6.54. The van der Waals surface area contributed by atoms with Gasteiger partial charge < -0.3 is 20.5 Å². The molecule has 6 nitrogen and oxygen atoms in total. The van der Waals surface area contributed by atoms with Gasteiger partial charge in [0.2, 0.25) is 0 Å². The predicted octanol–water partition coefficient (Wildman–Crippen LogP) is 2.17. The molecule has 1 aromatic heterocycles. The van der Waals surface area contributed by atoms with Crippen molar-refractivity contribution in [3.8, 4) is 0 Å². The highest BCUT2D eigenvalue weighted by atomic mass is 19.4. The monoisotopic (exact) mass is 366 g/mol. The number of aromatic amines is 1. The Hall–Kier alpha value is -2.52. The maximum absolute atomic E-state index is 12.6. The number of aliphatic imine (C=N–C) groups is 1. The number of nitrogens with one attached hydrogen (secondary N) is 3. The summed E-state index contributed by atoms with van der Waals surface area (Å²) in [6, 6.07) is 9.20. The number of alkyl halides is 3. The van der Waals surface area contributed by atoms with Crippen molar-refractivity contribution >= 4 is 11.7 Å². The number of halogens is 3. The number of nitrogens with zero attached hydrogens (tertiary/aromatic N) is 2. The molecule has 1 aliphatic heterocycles. The highest BCUT2D eigenvalue weighted by molar-refractivity contribution is 6.05. The van der Waals surface area contributed by atoms with Gasteiger partial charge >= 0.3 is 6.18 Å². The molecular formula is C17H21F3N6. The molecule has 0 saturated heterocycles. The van der Waals surface area contributed by atoms with Gasteiger partial charge in [-0.25, -0.2) is 0 Å². The van der Waals surface area contributed by atoms with Crippen molar-refractivity contribution in [1.29, 1.82) is 0 Å². The van der Waals surface area contributed by atoms with Crippen molar-refractivity contribution in [2.45, 2.75) is 18.5 Å². The van der Waals surface area contributed by atoms with Gasteiger partial charge in [-0.2, -0.15) is 13.2 Å². The highest BCUT2D eigenvalue weighted by Gasteiger charge is 2.36. The Morgan fingerprint density at radius 3 is 2.65 bits per heavy atom. The molecule has 2 heterocycles. The highest BCUT2D eigenvalue weighted by Crippen LogP contribution is 2.28. The Bertz CT molecular complexity index is 811. The number of anilines is 1. The molecular weight excluding hydrogens is 345 g/mol. The van der Waals surface area contributed by atoms with Crippen LogP contribution in [0, 0.1) is 0 Å². The van der Waals surface area contributed by atoms with Gasteiger partial charge in [0.25, 0.3) is 0 Å². The molecule has 2 aromatic rings. The van der Waals surface area contributed by atoms with Crippen LogP contribution in [0.3, 0.4) is 0 Å². The zero-order valence-electron chi connectivity index (χ0n) is 14.5. The molecule has 5 N–H and O–H groups in total. The molecule has 1 unspecified atom stereocenters. The van der Waals surface area contributed by atoms with E-state index < -0.39 is 18.5 Å². The van der Waals surface area contributed by atoms with Gasteiger partial charge in [0.05, 0.1) is 5.56 Å². The fraction of sp³-hybridized carbons (Fsp3) is 0.353. The molecule has 1 aliphatic rings. The van der Waals surface area contributed by atoms with E-state index in [9.17, 15) is 13.2 Å². The van der Waals surface area contributed by atoms with E-state index >= 15 is 0 Å². The summed E-state index contributed by atoms with van der Waals surface area (Å²) in [5.74, 6) is -0.673. The fourth-order valence-corrected chi connectivity index (χ4v) is 2.87. The molecule has 140 valence electrons. The zero-order chi connectivity index (χ0) is 18.9. The molecule has 26 heavy (non-hydrogen) atoms. The maximum Gasteiger partial charge on any atom is 0.408 e. The van der Waals surface area contributed by atoms with Gasteiger partial charge in [-0.1, -0.05) is 18.2 Å². The first-order chi connectivity index (χ1) is 12.2. The van der Waals surface area contributed by atoms with Crippen LogP contribution in [0.4, 0.5) is 19.0 Å². The smallest absolute Gasteiger partial charge is 0.348 e. The summed E-state index contributed by atoms with van der Waals surface area (Å²) in [6.07, 6.45) is -2.77. The number of H-pyrrole nitrogens is 1. The largest absolute Gasteiger partial charge is 0.408 e. The lowest BCUT2D eigenvalue weighted by molar-refractivity contribution is -0.118. The van der Waals surface area contributed by atoms with E-state index in [0.29, 0.717) is 23.5 Å². The number of hydrogen-bond donors (Lipinski definition) is 4. The molecule has 0 saturated carbocycles. The number of amidine groups is 1. The lowest BCUT2D eigenvalue weighted by Gasteiger charge is -2.38. The Morgan fingerprint density at radius 1 is 1.19 bits per heavy atom. The van der Waals surface area contributed by atoms with Crippen LogP contribution in [0.1, 0.15) is 16.7 Å². The van der Waals surface area contributed by atoms with Crippen LogP contribution in [-0.4, -0.2) is 42.5 Å². The molecule has 1 atom stereocenters. The Labute approximate surface area is 149 Å². The summed E-state index contributed by atoms with van der Waals surface area (Å²) in [5, 5.41) is 6.04. The van der Waals surface area contributed by atoms with Crippen LogP contribution in [0.25, 0.3) is 0 Å². The first-order valence-corrected chi connectivity index (χ1v) is 8.05. The van der Waals surface area contributed by atoms with Crippen LogP contribution >= 0.6 is 0 Å². The first kappa shape index (κ1) is 18.3. The van der Waals surface area contributed by atoms with Crippen molar-refractivity contribution in [3.05, 3.63) is 53.2 Å². The maximum atomic E-state index is 12.6. The summed E-state index contributed by atoms with van der Waals surface area (Å²) in [7, 11) is 3.91. The molecule has 1 aromatic carbocycles. The van der Waals surface area contributed by atoms with Crippen LogP contribution < -0.4 is 16.4 Å². The lowest BCUT2D eigenvalue weighted by atomic mass is 10.0. The number of rotatable bonds is 4.